The topological polar surface area (TPSA) is 131 Å². The summed E-state index contributed by atoms with van der Waals surface area (Å²) in [6, 6.07) is 0.164. The van der Waals surface area contributed by atoms with E-state index in [9.17, 15) is 19.7 Å². The molecule has 0 aliphatic heterocycles. The van der Waals surface area contributed by atoms with Crippen LogP contribution in [-0.2, 0) is 16.1 Å². The molecule has 1 aromatic rings. The van der Waals surface area contributed by atoms with E-state index < -0.39 is 10.9 Å². The molecule has 1 saturated carbocycles. The molecule has 2 N–H and O–H groups in total. The molecule has 10 heteroatoms. The number of likely N-dealkylation sites (N-methyl/N-ethyl adjacent to an activating group) is 1. The first kappa shape index (κ1) is 17.9. The predicted octanol–water partition coefficient (Wildman–Crippen LogP) is 0.153. The molecule has 1 heterocycles. The zero-order chi connectivity index (χ0) is 17.9. The maximum Gasteiger partial charge on any atom is 0.381 e. The zero-order valence-corrected chi connectivity index (χ0v) is 13.6. The molecular weight excluding hydrogens is 318 g/mol. The van der Waals surface area contributed by atoms with Gasteiger partial charge in [0.25, 0.3) is 0 Å². The van der Waals surface area contributed by atoms with E-state index in [2.05, 4.69) is 10.3 Å². The Hall–Kier alpha value is -2.49. The quantitative estimate of drug-likeness (QED) is 0.509. The second-order valence-corrected chi connectivity index (χ2v) is 5.88. The summed E-state index contributed by atoms with van der Waals surface area (Å²) in [5.41, 5.74) is 0. The monoisotopic (exact) mass is 339 g/mol. The summed E-state index contributed by atoms with van der Waals surface area (Å²) in [7, 11) is 0. The lowest BCUT2D eigenvalue weighted by Gasteiger charge is -2.42. The summed E-state index contributed by atoms with van der Waals surface area (Å²) in [6.07, 6.45) is 2.65. The number of hydrogen-bond acceptors (Lipinski definition) is 6. The third-order valence-corrected chi connectivity index (χ3v) is 4.20. The number of nitrogens with zero attached hydrogens (tertiary/aromatic N) is 4. The molecule has 1 aliphatic rings. The van der Waals surface area contributed by atoms with Crippen LogP contribution in [0.1, 0.15) is 25.6 Å². The largest absolute Gasteiger partial charge is 0.480 e. The molecule has 0 atom stereocenters. The van der Waals surface area contributed by atoms with Gasteiger partial charge >= 0.3 is 11.8 Å². The Morgan fingerprint density at radius 3 is 2.71 bits per heavy atom. The summed E-state index contributed by atoms with van der Waals surface area (Å²) >= 11 is 0. The number of carbonyl (C=O) groups excluding carboxylic acids is 1. The Kier molecular flexibility index (Phi) is 5.50. The molecule has 1 aliphatic carbocycles. The van der Waals surface area contributed by atoms with Gasteiger partial charge in [-0.3, -0.25) is 19.1 Å². The third kappa shape index (κ3) is 4.28. The van der Waals surface area contributed by atoms with Gasteiger partial charge in [0.2, 0.25) is 11.7 Å². The van der Waals surface area contributed by atoms with Gasteiger partial charge in [-0.2, -0.15) is 0 Å². The Labute approximate surface area is 138 Å². The van der Waals surface area contributed by atoms with Gasteiger partial charge < -0.3 is 20.5 Å². The molecule has 0 bridgehead atoms. The lowest BCUT2D eigenvalue weighted by Crippen LogP contribution is -2.55. The number of aryl methyl sites for hydroxylation is 1. The number of carboxylic acids is 1. The van der Waals surface area contributed by atoms with E-state index in [1.807, 2.05) is 11.8 Å². The highest BCUT2D eigenvalue weighted by atomic mass is 16.6. The first-order valence-corrected chi connectivity index (χ1v) is 7.73. The van der Waals surface area contributed by atoms with Crippen LogP contribution in [0.15, 0.2) is 6.20 Å². The molecule has 2 rings (SSSR count). The van der Waals surface area contributed by atoms with Crippen molar-refractivity contribution in [2.75, 3.05) is 13.1 Å². The van der Waals surface area contributed by atoms with Crippen LogP contribution in [0.5, 0.6) is 0 Å². The van der Waals surface area contributed by atoms with Gasteiger partial charge in [0, 0.05) is 19.0 Å². The average molecular weight is 339 g/mol. The van der Waals surface area contributed by atoms with E-state index in [4.69, 9.17) is 5.11 Å². The van der Waals surface area contributed by atoms with E-state index in [-0.39, 0.29) is 36.9 Å². The smallest absolute Gasteiger partial charge is 0.381 e. The maximum absolute atomic E-state index is 12.0. The zero-order valence-electron chi connectivity index (χ0n) is 13.6. The lowest BCUT2D eigenvalue weighted by atomic mass is 9.85. The Morgan fingerprint density at radius 1 is 1.54 bits per heavy atom. The fraction of sp³-hybridized carbons (Fsp3) is 0.643. The molecule has 1 amide bonds. The Balaban J connectivity index is 1.80. The average Bonchev–Trinajstić information content (AvgIpc) is 2.81. The van der Waals surface area contributed by atoms with Crippen LogP contribution < -0.4 is 5.32 Å². The van der Waals surface area contributed by atoms with Crippen molar-refractivity contribution in [1.82, 2.24) is 19.8 Å². The predicted molar refractivity (Wildman–Crippen MR) is 83.5 cm³/mol. The van der Waals surface area contributed by atoms with Crippen molar-refractivity contribution in [3.63, 3.8) is 0 Å². The Morgan fingerprint density at radius 2 is 2.21 bits per heavy atom. The van der Waals surface area contributed by atoms with Crippen LogP contribution in [0, 0.1) is 17.0 Å². The summed E-state index contributed by atoms with van der Waals surface area (Å²) in [4.78, 5) is 38.5. The van der Waals surface area contributed by atoms with Crippen molar-refractivity contribution in [3.05, 3.63) is 22.1 Å². The van der Waals surface area contributed by atoms with E-state index >= 15 is 0 Å². The molecule has 1 fully saturated rings. The van der Waals surface area contributed by atoms with Crippen molar-refractivity contribution in [3.8, 4) is 0 Å². The van der Waals surface area contributed by atoms with Gasteiger partial charge in [0.15, 0.2) is 0 Å². The molecule has 0 unspecified atom stereocenters. The van der Waals surface area contributed by atoms with Crippen molar-refractivity contribution in [2.45, 2.75) is 45.3 Å². The van der Waals surface area contributed by atoms with Crippen molar-refractivity contribution in [2.24, 2.45) is 0 Å². The van der Waals surface area contributed by atoms with Gasteiger partial charge in [-0.25, -0.2) is 0 Å². The van der Waals surface area contributed by atoms with Crippen molar-refractivity contribution < 1.29 is 19.6 Å². The van der Waals surface area contributed by atoms with Crippen LogP contribution in [0.25, 0.3) is 0 Å². The molecule has 0 saturated heterocycles. The SMILES string of the molecule is CCN(CC(=O)O)C1CC(NC(=O)Cn2cc([N+](=O)[O-])nc2C)C1. The number of amides is 1. The fourth-order valence-electron chi connectivity index (χ4n) is 2.84. The van der Waals surface area contributed by atoms with Gasteiger partial charge in [-0.1, -0.05) is 6.92 Å². The number of carboxylic acid groups (broad SMARTS) is 1. The molecule has 0 aromatic carbocycles. The molecule has 1 aromatic heterocycles. The van der Waals surface area contributed by atoms with Crippen molar-refractivity contribution in [1.29, 1.82) is 0 Å². The minimum absolute atomic E-state index is 0.000266. The van der Waals surface area contributed by atoms with E-state index in [1.165, 1.54) is 10.8 Å². The van der Waals surface area contributed by atoms with Gasteiger partial charge in [0.05, 0.1) is 6.54 Å². The highest BCUT2D eigenvalue weighted by Crippen LogP contribution is 2.25. The van der Waals surface area contributed by atoms with E-state index in [1.54, 1.807) is 6.92 Å². The number of nitrogens with one attached hydrogen (secondary N) is 1. The first-order chi connectivity index (χ1) is 11.3. The number of carbonyl (C=O) groups is 2. The van der Waals surface area contributed by atoms with Crippen LogP contribution in [0.2, 0.25) is 0 Å². The highest BCUT2D eigenvalue weighted by Gasteiger charge is 2.34. The minimum Gasteiger partial charge on any atom is -0.480 e. The number of imidazole rings is 1. The second kappa shape index (κ2) is 7.39. The minimum atomic E-state index is -0.860. The molecule has 132 valence electrons. The van der Waals surface area contributed by atoms with E-state index in [0.717, 1.165) is 0 Å². The van der Waals surface area contributed by atoms with Gasteiger partial charge in [0.1, 0.15) is 12.7 Å². The lowest BCUT2D eigenvalue weighted by molar-refractivity contribution is -0.389. The maximum atomic E-state index is 12.0. The van der Waals surface area contributed by atoms with E-state index in [0.29, 0.717) is 25.2 Å². The standard InChI is InChI=1S/C14H21N5O5/c1-3-17(8-14(21)22)11-4-10(5-11)16-13(20)7-18-6-12(19(23)24)15-9(18)2/h6,10-11H,3-5,7-8H2,1-2H3,(H,16,20)(H,21,22). The number of hydrogen-bond donors (Lipinski definition) is 2. The number of aliphatic carboxylic acids is 1. The van der Waals surface area contributed by atoms with Crippen molar-refractivity contribution >= 4 is 17.7 Å². The summed E-state index contributed by atoms with van der Waals surface area (Å²) < 4.78 is 1.44. The molecule has 10 nitrogen and oxygen atoms in total. The molecular formula is C14H21N5O5. The first-order valence-electron chi connectivity index (χ1n) is 7.73. The summed E-state index contributed by atoms with van der Waals surface area (Å²) in [5.74, 6) is -0.977. The van der Waals surface area contributed by atoms with Crippen LogP contribution >= 0.6 is 0 Å². The molecule has 24 heavy (non-hydrogen) atoms. The highest BCUT2D eigenvalue weighted by molar-refractivity contribution is 5.76. The number of nitro groups is 1. The second-order valence-electron chi connectivity index (χ2n) is 5.88. The normalized spacial score (nSPS) is 19.8. The van der Waals surface area contributed by atoms with Crippen LogP contribution in [0.4, 0.5) is 5.82 Å². The molecule has 0 radical (unpaired) electrons. The van der Waals surface area contributed by atoms with Crippen LogP contribution in [0.3, 0.4) is 0 Å². The van der Waals surface area contributed by atoms with Crippen LogP contribution in [-0.4, -0.2) is 61.5 Å². The Bertz CT molecular complexity index is 637. The fourth-order valence-corrected chi connectivity index (χ4v) is 2.84. The van der Waals surface area contributed by atoms with Gasteiger partial charge in [-0.05, 0) is 29.3 Å². The summed E-state index contributed by atoms with van der Waals surface area (Å²) in [6.45, 7) is 4.13. The number of rotatable bonds is 8. The summed E-state index contributed by atoms with van der Waals surface area (Å²) in [5, 5.41) is 22.4. The molecule has 0 spiro atoms. The third-order valence-electron chi connectivity index (χ3n) is 4.20. The number of aromatic nitrogens is 2. The van der Waals surface area contributed by atoms with Gasteiger partial charge in [-0.15, -0.1) is 0 Å².